The van der Waals surface area contributed by atoms with Crippen LogP contribution < -0.4 is 4.90 Å². The first-order chi connectivity index (χ1) is 15.2. The first kappa shape index (κ1) is 22.3. The Morgan fingerprint density at radius 1 is 0.969 bits per heavy atom. The minimum Gasteiger partial charge on any atom is -0.375 e. The van der Waals surface area contributed by atoms with Gasteiger partial charge < -0.3 is 10.0 Å². The van der Waals surface area contributed by atoms with Crippen molar-refractivity contribution in [1.29, 1.82) is 0 Å². The van der Waals surface area contributed by atoms with Crippen molar-refractivity contribution in [2.24, 2.45) is 0 Å². The van der Waals surface area contributed by atoms with Crippen molar-refractivity contribution in [3.63, 3.8) is 0 Å². The van der Waals surface area contributed by atoms with Crippen LogP contribution in [-0.4, -0.2) is 23.3 Å². The molecule has 1 amide bonds. The number of amides is 1. The Labute approximate surface area is 193 Å². The zero-order valence-corrected chi connectivity index (χ0v) is 19.2. The molecule has 164 valence electrons. The van der Waals surface area contributed by atoms with E-state index < -0.39 is 11.5 Å². The van der Waals surface area contributed by atoms with E-state index in [1.807, 2.05) is 63.2 Å². The van der Waals surface area contributed by atoms with Gasteiger partial charge in [-0.3, -0.25) is 9.59 Å². The summed E-state index contributed by atoms with van der Waals surface area (Å²) in [4.78, 5) is 28.3. The van der Waals surface area contributed by atoms with Gasteiger partial charge >= 0.3 is 0 Å². The minimum atomic E-state index is -1.95. The molecule has 1 N–H and O–H groups in total. The van der Waals surface area contributed by atoms with Crippen molar-refractivity contribution in [1.82, 2.24) is 0 Å². The van der Waals surface area contributed by atoms with Gasteiger partial charge in [-0.25, -0.2) is 0 Å². The van der Waals surface area contributed by atoms with Crippen molar-refractivity contribution >= 4 is 29.0 Å². The van der Waals surface area contributed by atoms with Gasteiger partial charge in [0.25, 0.3) is 5.91 Å². The van der Waals surface area contributed by atoms with Gasteiger partial charge in [-0.05, 0) is 73.7 Å². The lowest BCUT2D eigenvalue weighted by molar-refractivity contribution is -0.135. The van der Waals surface area contributed by atoms with Crippen LogP contribution in [-0.2, 0) is 16.8 Å². The summed E-state index contributed by atoms with van der Waals surface area (Å²) in [7, 11) is 0. The topological polar surface area (TPSA) is 57.6 Å². The second kappa shape index (κ2) is 8.53. The Kier molecular flexibility index (Phi) is 5.93. The van der Waals surface area contributed by atoms with E-state index in [0.29, 0.717) is 34.8 Å². The van der Waals surface area contributed by atoms with E-state index in [9.17, 15) is 14.7 Å². The number of aryl methyl sites for hydroxylation is 3. The quantitative estimate of drug-likeness (QED) is 0.520. The number of fused-ring (bicyclic) bond motifs is 1. The van der Waals surface area contributed by atoms with Crippen LogP contribution in [0, 0.1) is 20.8 Å². The van der Waals surface area contributed by atoms with Crippen LogP contribution in [0.5, 0.6) is 0 Å². The third-order valence-electron chi connectivity index (χ3n) is 6.32. The fourth-order valence-corrected chi connectivity index (χ4v) is 4.56. The molecule has 1 atom stereocenters. The second-order valence-electron chi connectivity index (χ2n) is 8.57. The van der Waals surface area contributed by atoms with Crippen LogP contribution in [0.4, 0.5) is 5.69 Å². The molecule has 4 nitrogen and oxygen atoms in total. The molecule has 1 aliphatic heterocycles. The third-order valence-corrected chi connectivity index (χ3v) is 6.55. The first-order valence-corrected chi connectivity index (χ1v) is 11.1. The number of halogens is 1. The predicted octanol–water partition coefficient (Wildman–Crippen LogP) is 5.32. The van der Waals surface area contributed by atoms with E-state index in [1.165, 1.54) is 0 Å². The Morgan fingerprint density at radius 3 is 2.38 bits per heavy atom. The molecule has 3 aromatic carbocycles. The summed E-state index contributed by atoms with van der Waals surface area (Å²) in [5.74, 6) is -0.752. The number of carbonyl (C=O) groups is 2. The zero-order valence-electron chi connectivity index (χ0n) is 18.5. The minimum absolute atomic E-state index is 0.266. The van der Waals surface area contributed by atoms with Crippen molar-refractivity contribution in [2.75, 3.05) is 11.4 Å². The van der Waals surface area contributed by atoms with E-state index in [1.54, 1.807) is 23.1 Å². The third kappa shape index (κ3) is 3.96. The molecule has 5 heteroatoms. The molecule has 0 aliphatic carbocycles. The van der Waals surface area contributed by atoms with E-state index in [2.05, 4.69) is 0 Å². The average molecular weight is 448 g/mol. The zero-order chi connectivity index (χ0) is 23.0. The molecule has 1 heterocycles. The van der Waals surface area contributed by atoms with Crippen molar-refractivity contribution in [2.45, 2.75) is 39.2 Å². The lowest BCUT2D eigenvalue weighted by atomic mass is 9.86. The molecule has 3 aromatic rings. The summed E-state index contributed by atoms with van der Waals surface area (Å²) in [6.45, 7) is 6.21. The van der Waals surface area contributed by atoms with Gasteiger partial charge in [-0.2, -0.15) is 0 Å². The number of benzene rings is 3. The fourth-order valence-electron chi connectivity index (χ4n) is 4.39. The lowest BCUT2D eigenvalue weighted by Crippen LogP contribution is -2.42. The van der Waals surface area contributed by atoms with Crippen LogP contribution in [0.15, 0.2) is 60.7 Å². The highest BCUT2D eigenvalue weighted by Crippen LogP contribution is 2.44. The van der Waals surface area contributed by atoms with Crippen LogP contribution >= 0.6 is 11.6 Å². The first-order valence-electron chi connectivity index (χ1n) is 10.7. The normalized spacial score (nSPS) is 17.5. The highest BCUT2D eigenvalue weighted by atomic mass is 35.5. The molecule has 0 saturated heterocycles. The maximum atomic E-state index is 13.5. The number of ketones is 1. The number of carbonyl (C=O) groups excluding carboxylic acids is 2. The smallest absolute Gasteiger partial charge is 0.264 e. The highest BCUT2D eigenvalue weighted by Gasteiger charge is 2.51. The standard InChI is InChI=1S/C27H26ClNO3/c1-17-13-19(3)22(14-18(17)2)25(30)16-27(32)23-15-21(28)9-10-24(23)29(26(27)31)12-11-20-7-5-4-6-8-20/h4-10,13-15,32H,11-12,16H2,1-3H3/t27-/m1/s1. The highest BCUT2D eigenvalue weighted by molar-refractivity contribution is 6.31. The van der Waals surface area contributed by atoms with Crippen LogP contribution in [0.25, 0.3) is 0 Å². The molecule has 0 bridgehead atoms. The molecular weight excluding hydrogens is 422 g/mol. The van der Waals surface area contributed by atoms with Gasteiger partial charge in [0, 0.05) is 22.7 Å². The number of aliphatic hydroxyl groups is 1. The molecule has 0 radical (unpaired) electrons. The number of hydrogen-bond acceptors (Lipinski definition) is 3. The van der Waals surface area contributed by atoms with E-state index in [0.717, 1.165) is 22.3 Å². The number of rotatable bonds is 6. The van der Waals surface area contributed by atoms with Gasteiger partial charge in [-0.1, -0.05) is 48.0 Å². The molecule has 0 saturated carbocycles. The fraction of sp³-hybridized carbons (Fsp3) is 0.259. The van der Waals surface area contributed by atoms with Crippen molar-refractivity contribution in [3.8, 4) is 0 Å². The molecule has 1 aliphatic rings. The average Bonchev–Trinajstić information content (AvgIpc) is 2.96. The number of anilines is 1. The van der Waals surface area contributed by atoms with E-state index in [4.69, 9.17) is 11.6 Å². The Balaban J connectivity index is 1.67. The van der Waals surface area contributed by atoms with Crippen LogP contribution in [0.1, 0.15) is 44.6 Å². The maximum Gasteiger partial charge on any atom is 0.264 e. The van der Waals surface area contributed by atoms with Gasteiger partial charge in [0.05, 0.1) is 12.1 Å². The molecule has 0 fully saturated rings. The molecule has 4 rings (SSSR count). The van der Waals surface area contributed by atoms with Gasteiger partial charge in [0.15, 0.2) is 11.4 Å². The summed E-state index contributed by atoms with van der Waals surface area (Å²) in [5, 5.41) is 12.0. The summed E-state index contributed by atoms with van der Waals surface area (Å²) in [5.41, 5.74) is 3.59. The predicted molar refractivity (Wildman–Crippen MR) is 127 cm³/mol. The maximum absolute atomic E-state index is 13.5. The molecule has 32 heavy (non-hydrogen) atoms. The molecule has 0 unspecified atom stereocenters. The second-order valence-corrected chi connectivity index (χ2v) is 9.00. The number of hydrogen-bond donors (Lipinski definition) is 1. The van der Waals surface area contributed by atoms with Gasteiger partial charge in [0.2, 0.25) is 0 Å². The van der Waals surface area contributed by atoms with Gasteiger partial charge in [0.1, 0.15) is 0 Å². The van der Waals surface area contributed by atoms with E-state index in [-0.39, 0.29) is 12.2 Å². The largest absolute Gasteiger partial charge is 0.375 e. The molecule has 0 spiro atoms. The lowest BCUT2D eigenvalue weighted by Gasteiger charge is -2.23. The van der Waals surface area contributed by atoms with Gasteiger partial charge in [-0.15, -0.1) is 0 Å². The summed E-state index contributed by atoms with van der Waals surface area (Å²) >= 11 is 6.21. The molecular formula is C27H26ClNO3. The number of Topliss-reactive ketones (excluding diaryl/α,β-unsaturated/α-hetero) is 1. The van der Waals surface area contributed by atoms with Crippen LogP contribution in [0.3, 0.4) is 0 Å². The number of nitrogens with zero attached hydrogens (tertiary/aromatic N) is 1. The Morgan fingerprint density at radius 2 is 1.66 bits per heavy atom. The Bertz CT molecular complexity index is 1210. The van der Waals surface area contributed by atoms with Crippen molar-refractivity contribution in [3.05, 3.63) is 99.1 Å². The summed E-state index contributed by atoms with van der Waals surface area (Å²) < 4.78 is 0. The SMILES string of the molecule is Cc1cc(C)c(C(=O)C[C@]2(O)C(=O)N(CCc3ccccc3)c3ccc(Cl)cc32)cc1C. The molecule has 0 aromatic heterocycles. The summed E-state index contributed by atoms with van der Waals surface area (Å²) in [6.07, 6.45) is 0.305. The van der Waals surface area contributed by atoms with Crippen molar-refractivity contribution < 1.29 is 14.7 Å². The monoisotopic (exact) mass is 447 g/mol. The van der Waals surface area contributed by atoms with Crippen LogP contribution in [0.2, 0.25) is 5.02 Å². The van der Waals surface area contributed by atoms with E-state index >= 15 is 0 Å². The summed E-state index contributed by atoms with van der Waals surface area (Å²) in [6, 6.07) is 18.7. The Hall–Kier alpha value is -2.95.